The molecule has 0 spiro atoms. The van der Waals surface area contributed by atoms with Crippen molar-refractivity contribution in [2.24, 2.45) is 11.7 Å². The van der Waals surface area contributed by atoms with E-state index in [1.54, 1.807) is 6.07 Å². The summed E-state index contributed by atoms with van der Waals surface area (Å²) in [4.78, 5) is 0. The van der Waals surface area contributed by atoms with Crippen LogP contribution in [-0.4, -0.2) is 18.3 Å². The molecule has 1 aliphatic rings. The molecule has 5 heteroatoms. The largest absolute Gasteiger partial charge is 0.507 e. The van der Waals surface area contributed by atoms with Crippen molar-refractivity contribution in [2.75, 3.05) is 13.2 Å². The van der Waals surface area contributed by atoms with Crippen LogP contribution in [0.2, 0.25) is 0 Å². The standard InChI is InChI=1S/C19H23NO3.ClH/c20-19(15-8-10-22-11-9-15)17-7-6-16(12-18(17)21)23-13-14-4-2-1-3-5-14;/h1-7,12,15,19,21H,8-11,13,20H2;1H/t19-;/m1./s1. The second-order valence-electron chi connectivity index (χ2n) is 5.97. The average molecular weight is 350 g/mol. The second-order valence-corrected chi connectivity index (χ2v) is 5.97. The van der Waals surface area contributed by atoms with E-state index in [9.17, 15) is 5.11 Å². The van der Waals surface area contributed by atoms with E-state index in [1.165, 1.54) is 0 Å². The lowest BCUT2D eigenvalue weighted by Crippen LogP contribution is -2.27. The lowest BCUT2D eigenvalue weighted by atomic mass is 9.87. The number of ether oxygens (including phenoxy) is 2. The van der Waals surface area contributed by atoms with Crippen molar-refractivity contribution >= 4 is 12.4 Å². The van der Waals surface area contributed by atoms with Gasteiger partial charge >= 0.3 is 0 Å². The van der Waals surface area contributed by atoms with Gasteiger partial charge in [-0.25, -0.2) is 0 Å². The Kier molecular flexibility index (Phi) is 6.91. The van der Waals surface area contributed by atoms with Gasteiger partial charge in [0, 0.05) is 30.9 Å². The minimum atomic E-state index is -0.165. The Bertz CT molecular complexity index is 630. The van der Waals surface area contributed by atoms with Crippen LogP contribution in [0.3, 0.4) is 0 Å². The van der Waals surface area contributed by atoms with Gasteiger partial charge in [0.05, 0.1) is 0 Å². The number of hydrogen-bond donors (Lipinski definition) is 2. The van der Waals surface area contributed by atoms with E-state index in [1.807, 2.05) is 42.5 Å². The Morgan fingerprint density at radius 2 is 1.83 bits per heavy atom. The van der Waals surface area contributed by atoms with Crippen molar-refractivity contribution in [1.29, 1.82) is 0 Å². The highest BCUT2D eigenvalue weighted by molar-refractivity contribution is 5.85. The molecule has 1 heterocycles. The fourth-order valence-corrected chi connectivity index (χ4v) is 2.96. The Hall–Kier alpha value is -1.75. The van der Waals surface area contributed by atoms with Crippen LogP contribution in [0.1, 0.15) is 30.0 Å². The SMILES string of the molecule is Cl.N[C@@H](c1ccc(OCc2ccccc2)cc1O)C1CCOCC1. The van der Waals surface area contributed by atoms with Crippen LogP contribution in [0.4, 0.5) is 0 Å². The quantitative estimate of drug-likeness (QED) is 0.861. The van der Waals surface area contributed by atoms with E-state index >= 15 is 0 Å². The molecule has 2 aromatic rings. The lowest BCUT2D eigenvalue weighted by molar-refractivity contribution is 0.0581. The molecule has 0 aromatic heterocycles. The first-order valence-electron chi connectivity index (χ1n) is 8.07. The fourth-order valence-electron chi connectivity index (χ4n) is 2.96. The van der Waals surface area contributed by atoms with Gasteiger partial charge in [0.15, 0.2) is 0 Å². The number of benzene rings is 2. The first kappa shape index (κ1) is 18.6. The fraction of sp³-hybridized carbons (Fsp3) is 0.368. The van der Waals surface area contributed by atoms with Gasteiger partial charge in [-0.05, 0) is 30.4 Å². The van der Waals surface area contributed by atoms with Crippen LogP contribution in [0, 0.1) is 5.92 Å². The molecule has 0 radical (unpaired) electrons. The number of phenolic OH excluding ortho intramolecular Hbond substituents is 1. The maximum Gasteiger partial charge on any atom is 0.124 e. The van der Waals surface area contributed by atoms with Crippen LogP contribution >= 0.6 is 12.4 Å². The highest BCUT2D eigenvalue weighted by Crippen LogP contribution is 2.34. The van der Waals surface area contributed by atoms with E-state index in [0.717, 1.165) is 37.2 Å². The predicted octanol–water partition coefficient (Wildman–Crippen LogP) is 3.82. The van der Waals surface area contributed by atoms with E-state index in [0.29, 0.717) is 18.3 Å². The van der Waals surface area contributed by atoms with E-state index < -0.39 is 0 Å². The summed E-state index contributed by atoms with van der Waals surface area (Å²) in [7, 11) is 0. The molecule has 1 aliphatic heterocycles. The van der Waals surface area contributed by atoms with Crippen molar-refractivity contribution in [3.05, 3.63) is 59.7 Å². The molecule has 3 N–H and O–H groups in total. The highest BCUT2D eigenvalue weighted by atomic mass is 35.5. The third-order valence-electron chi connectivity index (χ3n) is 4.38. The zero-order valence-corrected chi connectivity index (χ0v) is 14.4. The number of phenols is 1. The van der Waals surface area contributed by atoms with Crippen molar-refractivity contribution in [2.45, 2.75) is 25.5 Å². The Morgan fingerprint density at radius 1 is 1.12 bits per heavy atom. The molecule has 1 atom stereocenters. The summed E-state index contributed by atoms with van der Waals surface area (Å²) in [5.41, 5.74) is 8.20. The van der Waals surface area contributed by atoms with Gasteiger partial charge in [-0.1, -0.05) is 36.4 Å². The summed E-state index contributed by atoms with van der Waals surface area (Å²) in [6.45, 7) is 1.97. The van der Waals surface area contributed by atoms with Crippen molar-refractivity contribution in [3.63, 3.8) is 0 Å². The van der Waals surface area contributed by atoms with Gasteiger partial charge < -0.3 is 20.3 Å². The summed E-state index contributed by atoms with van der Waals surface area (Å²) in [6, 6.07) is 15.2. The predicted molar refractivity (Wildman–Crippen MR) is 96.6 cm³/mol. The highest BCUT2D eigenvalue weighted by Gasteiger charge is 2.24. The summed E-state index contributed by atoms with van der Waals surface area (Å²) in [5, 5.41) is 10.3. The average Bonchev–Trinajstić information content (AvgIpc) is 2.61. The smallest absolute Gasteiger partial charge is 0.124 e. The van der Waals surface area contributed by atoms with Crippen molar-refractivity contribution in [3.8, 4) is 11.5 Å². The van der Waals surface area contributed by atoms with Gasteiger partial charge in [-0.2, -0.15) is 0 Å². The van der Waals surface area contributed by atoms with Crippen molar-refractivity contribution in [1.82, 2.24) is 0 Å². The number of nitrogens with two attached hydrogens (primary N) is 1. The maximum absolute atomic E-state index is 10.3. The number of halogens is 1. The van der Waals surface area contributed by atoms with Gasteiger partial charge in [0.1, 0.15) is 18.1 Å². The van der Waals surface area contributed by atoms with Crippen LogP contribution in [0.15, 0.2) is 48.5 Å². The first-order valence-corrected chi connectivity index (χ1v) is 8.07. The molecule has 4 nitrogen and oxygen atoms in total. The summed E-state index contributed by atoms with van der Waals surface area (Å²) < 4.78 is 11.1. The summed E-state index contributed by atoms with van der Waals surface area (Å²) in [6.07, 6.45) is 1.87. The van der Waals surface area contributed by atoms with Crippen LogP contribution in [0.25, 0.3) is 0 Å². The molecule has 24 heavy (non-hydrogen) atoms. The molecule has 130 valence electrons. The molecule has 0 bridgehead atoms. The topological polar surface area (TPSA) is 64.7 Å². The monoisotopic (exact) mass is 349 g/mol. The van der Waals surface area contributed by atoms with Crippen LogP contribution in [0.5, 0.6) is 11.5 Å². The molecule has 3 rings (SSSR count). The summed E-state index contributed by atoms with van der Waals surface area (Å²) in [5.74, 6) is 1.20. The second kappa shape index (κ2) is 8.92. The molecule has 0 amide bonds. The van der Waals surface area contributed by atoms with E-state index in [4.69, 9.17) is 15.2 Å². The number of aromatic hydroxyl groups is 1. The van der Waals surface area contributed by atoms with Gasteiger partial charge in [-0.15, -0.1) is 12.4 Å². The Labute approximate surface area is 149 Å². The number of rotatable bonds is 5. The molecule has 0 unspecified atom stereocenters. The maximum atomic E-state index is 10.3. The summed E-state index contributed by atoms with van der Waals surface area (Å²) >= 11 is 0. The number of hydrogen-bond acceptors (Lipinski definition) is 4. The van der Waals surface area contributed by atoms with Gasteiger partial charge in [-0.3, -0.25) is 0 Å². The Morgan fingerprint density at radius 3 is 2.50 bits per heavy atom. The van der Waals surface area contributed by atoms with Crippen molar-refractivity contribution < 1.29 is 14.6 Å². The van der Waals surface area contributed by atoms with E-state index in [2.05, 4.69) is 0 Å². The zero-order chi connectivity index (χ0) is 16.1. The molecule has 1 saturated heterocycles. The Balaban J connectivity index is 0.00000208. The third kappa shape index (κ3) is 4.63. The van der Waals surface area contributed by atoms with E-state index in [-0.39, 0.29) is 24.2 Å². The zero-order valence-electron chi connectivity index (χ0n) is 13.6. The molecular formula is C19H24ClNO3. The molecule has 0 aliphatic carbocycles. The first-order chi connectivity index (χ1) is 11.2. The minimum Gasteiger partial charge on any atom is -0.507 e. The molecule has 1 fully saturated rings. The van der Waals surface area contributed by atoms with Gasteiger partial charge in [0.2, 0.25) is 0 Å². The van der Waals surface area contributed by atoms with Crippen LogP contribution < -0.4 is 10.5 Å². The van der Waals surface area contributed by atoms with Gasteiger partial charge in [0.25, 0.3) is 0 Å². The molecule has 0 saturated carbocycles. The molecule has 2 aromatic carbocycles. The normalized spacial score (nSPS) is 16.2. The third-order valence-corrected chi connectivity index (χ3v) is 4.38. The van der Waals surface area contributed by atoms with Crippen LogP contribution in [-0.2, 0) is 11.3 Å². The minimum absolute atomic E-state index is 0. The lowest BCUT2D eigenvalue weighted by Gasteiger charge is -2.28. The molecular weight excluding hydrogens is 326 g/mol.